The van der Waals surface area contributed by atoms with E-state index in [1.807, 2.05) is 62.4 Å². The van der Waals surface area contributed by atoms with E-state index in [2.05, 4.69) is 10.6 Å². The Hall–Kier alpha value is -6.24. The minimum Gasteiger partial charge on any atom is -0.322 e. The van der Waals surface area contributed by atoms with E-state index in [4.69, 9.17) is 0 Å². The lowest BCUT2D eigenvalue weighted by molar-refractivity contribution is 0.101. The zero-order valence-corrected chi connectivity index (χ0v) is 31.6. The number of carbonyl (C=O) groups is 2. The number of amides is 2. The van der Waals surface area contributed by atoms with E-state index in [1.54, 1.807) is 48.5 Å². The van der Waals surface area contributed by atoms with Crippen molar-refractivity contribution in [2.45, 2.75) is 23.6 Å². The van der Waals surface area contributed by atoms with Crippen LogP contribution >= 0.6 is 0 Å². The van der Waals surface area contributed by atoms with Gasteiger partial charge < -0.3 is 10.6 Å². The first-order chi connectivity index (χ1) is 25.8. The van der Waals surface area contributed by atoms with Gasteiger partial charge in [-0.1, -0.05) is 48.5 Å². The number of benzene rings is 6. The van der Waals surface area contributed by atoms with Crippen LogP contribution in [0.4, 0.5) is 22.7 Å². The summed E-state index contributed by atoms with van der Waals surface area (Å²) < 4.78 is 54.9. The molecule has 0 aliphatic heterocycles. The first-order valence-electron chi connectivity index (χ1n) is 16.9. The molecule has 0 unspecified atom stereocenters. The molecule has 6 aromatic carbocycles. The van der Waals surface area contributed by atoms with Crippen LogP contribution in [0.5, 0.6) is 0 Å². The lowest BCUT2D eigenvalue weighted by Crippen LogP contribution is -2.26. The van der Waals surface area contributed by atoms with Crippen molar-refractivity contribution in [1.82, 2.24) is 0 Å². The molecule has 0 heterocycles. The van der Waals surface area contributed by atoms with Gasteiger partial charge in [-0.05, 0) is 133 Å². The van der Waals surface area contributed by atoms with E-state index in [9.17, 15) is 26.4 Å². The van der Waals surface area contributed by atoms with Crippen LogP contribution in [0.1, 0.15) is 31.8 Å². The van der Waals surface area contributed by atoms with Crippen molar-refractivity contribution in [3.05, 3.63) is 168 Å². The Bertz CT molecular complexity index is 2360. The van der Waals surface area contributed by atoms with E-state index in [1.165, 1.54) is 71.2 Å². The first-order valence-corrected chi connectivity index (χ1v) is 19.8. The van der Waals surface area contributed by atoms with E-state index >= 15 is 0 Å². The molecule has 0 aromatic heterocycles. The van der Waals surface area contributed by atoms with Crippen molar-refractivity contribution in [1.29, 1.82) is 0 Å². The second-order valence-corrected chi connectivity index (χ2v) is 16.6. The zero-order chi connectivity index (χ0) is 38.6. The Morgan fingerprint density at radius 3 is 1.11 bits per heavy atom. The molecule has 0 spiro atoms. The fourth-order valence-electron chi connectivity index (χ4n) is 5.78. The van der Waals surface area contributed by atoms with Gasteiger partial charge in [0.25, 0.3) is 31.9 Å². The van der Waals surface area contributed by atoms with Crippen molar-refractivity contribution in [3.63, 3.8) is 0 Å². The summed E-state index contributed by atoms with van der Waals surface area (Å²) in [4.78, 5) is 26.4. The Morgan fingerprint density at radius 1 is 0.463 bits per heavy atom. The zero-order valence-electron chi connectivity index (χ0n) is 30.0. The summed E-state index contributed by atoms with van der Waals surface area (Å²) in [5, 5.41) is 5.82. The lowest BCUT2D eigenvalue weighted by atomic mass is 9.99. The molecular formula is C42H38N4O6S2. The van der Waals surface area contributed by atoms with Crippen LogP contribution in [0, 0.1) is 13.8 Å². The third kappa shape index (κ3) is 7.89. The normalized spacial score (nSPS) is 11.4. The van der Waals surface area contributed by atoms with Gasteiger partial charge in [-0.15, -0.1) is 0 Å². The molecule has 6 aromatic rings. The van der Waals surface area contributed by atoms with Gasteiger partial charge in [-0.25, -0.2) is 16.8 Å². The molecule has 0 saturated carbocycles. The first kappa shape index (κ1) is 37.5. The molecule has 12 heteroatoms. The number of hydrogen-bond donors (Lipinski definition) is 2. The molecule has 54 heavy (non-hydrogen) atoms. The Balaban J connectivity index is 1.09. The van der Waals surface area contributed by atoms with Gasteiger partial charge in [-0.2, -0.15) is 0 Å². The highest BCUT2D eigenvalue weighted by molar-refractivity contribution is 7.93. The molecule has 0 aliphatic carbocycles. The molecule has 10 nitrogen and oxygen atoms in total. The number of anilines is 4. The number of sulfonamides is 2. The van der Waals surface area contributed by atoms with Crippen molar-refractivity contribution in [2.75, 3.05) is 33.3 Å². The molecule has 0 saturated heterocycles. The number of carbonyl (C=O) groups excluding carboxylic acids is 2. The Kier molecular flexibility index (Phi) is 10.7. The van der Waals surface area contributed by atoms with Crippen LogP contribution in [-0.4, -0.2) is 42.7 Å². The molecule has 2 amide bonds. The summed E-state index contributed by atoms with van der Waals surface area (Å²) in [6.45, 7) is 3.76. The van der Waals surface area contributed by atoms with Crippen LogP contribution < -0.4 is 19.2 Å². The number of rotatable bonds is 11. The molecule has 0 aliphatic rings. The minimum atomic E-state index is -3.81. The second-order valence-electron chi connectivity index (χ2n) is 12.6. The van der Waals surface area contributed by atoms with Gasteiger partial charge in [0, 0.05) is 36.6 Å². The number of para-hydroxylation sites is 2. The van der Waals surface area contributed by atoms with Gasteiger partial charge in [0.15, 0.2) is 0 Å². The topological polar surface area (TPSA) is 133 Å². The number of nitrogens with one attached hydrogen (secondary N) is 2. The highest BCUT2D eigenvalue weighted by Crippen LogP contribution is 2.30. The molecule has 0 bridgehead atoms. The number of hydrogen-bond acceptors (Lipinski definition) is 6. The van der Waals surface area contributed by atoms with E-state index < -0.39 is 20.0 Å². The monoisotopic (exact) mass is 758 g/mol. The van der Waals surface area contributed by atoms with Crippen LogP contribution in [0.2, 0.25) is 0 Å². The highest BCUT2D eigenvalue weighted by atomic mass is 32.2. The largest absolute Gasteiger partial charge is 0.322 e. The van der Waals surface area contributed by atoms with Gasteiger partial charge in [-0.3, -0.25) is 18.2 Å². The summed E-state index contributed by atoms with van der Waals surface area (Å²) in [7, 11) is -4.65. The molecule has 274 valence electrons. The summed E-state index contributed by atoms with van der Waals surface area (Å²) in [6.07, 6.45) is 0. The number of aryl methyl sites for hydroxylation is 2. The molecule has 0 atom stereocenters. The van der Waals surface area contributed by atoms with Crippen LogP contribution in [0.3, 0.4) is 0 Å². The predicted octanol–water partition coefficient (Wildman–Crippen LogP) is 8.13. The highest BCUT2D eigenvalue weighted by Gasteiger charge is 2.23. The molecular weight excluding hydrogens is 721 g/mol. The third-order valence-electron chi connectivity index (χ3n) is 9.07. The Morgan fingerprint density at radius 2 is 0.796 bits per heavy atom. The van der Waals surface area contributed by atoms with Gasteiger partial charge in [0.2, 0.25) is 0 Å². The SMILES string of the molecule is Cc1cc(-c2ccc(NC(=O)c3ccc(S(=O)(=O)N(C)c4ccccc4)cc3)c(C)c2)ccc1NC(=O)c1ccc(S(=O)(=O)N(C)c2ccccc2)cc1. The fourth-order valence-corrected chi connectivity index (χ4v) is 8.17. The van der Waals surface area contributed by atoms with Gasteiger partial charge in [0.1, 0.15) is 0 Å². The molecule has 0 fully saturated rings. The van der Waals surface area contributed by atoms with Crippen LogP contribution in [0.15, 0.2) is 155 Å². The third-order valence-corrected chi connectivity index (χ3v) is 12.7. The average Bonchev–Trinajstić information content (AvgIpc) is 3.19. The van der Waals surface area contributed by atoms with Gasteiger partial charge >= 0.3 is 0 Å². The van der Waals surface area contributed by atoms with E-state index in [0.29, 0.717) is 33.9 Å². The van der Waals surface area contributed by atoms with Crippen molar-refractivity contribution in [3.8, 4) is 11.1 Å². The lowest BCUT2D eigenvalue weighted by Gasteiger charge is -2.19. The fraction of sp³-hybridized carbons (Fsp3) is 0.0952. The minimum absolute atomic E-state index is 0.0708. The maximum absolute atomic E-state index is 13.1. The molecule has 6 rings (SSSR count). The maximum atomic E-state index is 13.1. The van der Waals surface area contributed by atoms with E-state index in [-0.39, 0.29) is 21.6 Å². The standard InChI is InChI=1S/C42H38N4O6S2/c1-29-27-33(19-25-39(29)43-41(47)31-15-21-37(22-16-31)53(49,50)45(3)35-11-7-5-8-12-35)34-20-26-40(30(2)28-34)44-42(48)32-17-23-38(24-18-32)54(51,52)46(4)36-13-9-6-10-14-36/h5-28H,1-4H3,(H,43,47)(H,44,48). The van der Waals surface area contributed by atoms with Crippen LogP contribution in [0.25, 0.3) is 11.1 Å². The summed E-state index contributed by atoms with van der Waals surface area (Å²) in [6, 6.07) is 40.4. The van der Waals surface area contributed by atoms with Crippen LogP contribution in [-0.2, 0) is 20.0 Å². The molecule has 0 radical (unpaired) electrons. The van der Waals surface area contributed by atoms with Gasteiger partial charge in [0.05, 0.1) is 21.2 Å². The van der Waals surface area contributed by atoms with Crippen molar-refractivity contribution < 1.29 is 26.4 Å². The van der Waals surface area contributed by atoms with Crippen molar-refractivity contribution in [2.24, 2.45) is 0 Å². The van der Waals surface area contributed by atoms with Crippen molar-refractivity contribution >= 4 is 54.6 Å². The predicted molar refractivity (Wildman–Crippen MR) is 214 cm³/mol. The smallest absolute Gasteiger partial charge is 0.264 e. The summed E-state index contributed by atoms with van der Waals surface area (Å²) in [5.74, 6) is -0.754. The van der Waals surface area contributed by atoms with E-state index in [0.717, 1.165) is 22.3 Å². The average molecular weight is 759 g/mol. The number of nitrogens with zero attached hydrogens (tertiary/aromatic N) is 2. The second kappa shape index (κ2) is 15.4. The Labute approximate surface area is 315 Å². The maximum Gasteiger partial charge on any atom is 0.264 e. The summed E-state index contributed by atoms with van der Waals surface area (Å²) >= 11 is 0. The molecule has 2 N–H and O–H groups in total. The quantitative estimate of drug-likeness (QED) is 0.137. The summed E-state index contributed by atoms with van der Waals surface area (Å²) in [5.41, 5.74) is 6.33.